The van der Waals surface area contributed by atoms with E-state index in [1.165, 1.54) is 0 Å². The van der Waals surface area contributed by atoms with Crippen LogP contribution in [0, 0.1) is 11.8 Å². The number of likely N-dealkylation sites (tertiary alicyclic amines) is 1. The Bertz CT molecular complexity index is 546. The summed E-state index contributed by atoms with van der Waals surface area (Å²) in [6.45, 7) is 1.32. The molecule has 2 fully saturated rings. The number of piperidine rings is 1. The van der Waals surface area contributed by atoms with E-state index >= 15 is 0 Å². The van der Waals surface area contributed by atoms with Gasteiger partial charge in [0.2, 0.25) is 11.8 Å². The van der Waals surface area contributed by atoms with E-state index in [9.17, 15) is 14.7 Å². The Morgan fingerprint density at radius 2 is 1.71 bits per heavy atom. The van der Waals surface area contributed by atoms with Crippen LogP contribution in [0.1, 0.15) is 25.7 Å². The molecule has 0 atom stereocenters. The first-order valence-corrected chi connectivity index (χ1v) is 7.53. The Morgan fingerprint density at radius 3 is 2.33 bits per heavy atom. The number of benzene rings is 1. The van der Waals surface area contributed by atoms with E-state index in [0.29, 0.717) is 31.6 Å². The fourth-order valence-electron chi connectivity index (χ4n) is 2.76. The van der Waals surface area contributed by atoms with Crippen molar-refractivity contribution >= 4 is 17.5 Å². The van der Waals surface area contributed by atoms with Gasteiger partial charge in [-0.15, -0.1) is 0 Å². The highest BCUT2D eigenvalue weighted by atomic mass is 16.3. The lowest BCUT2D eigenvalue weighted by Crippen LogP contribution is -2.42. The molecule has 1 aliphatic heterocycles. The molecule has 0 radical (unpaired) electrons. The minimum Gasteiger partial charge on any atom is -0.506 e. The molecule has 1 saturated heterocycles. The molecule has 1 aromatic rings. The molecule has 5 nitrogen and oxygen atoms in total. The van der Waals surface area contributed by atoms with Crippen molar-refractivity contribution in [2.75, 3.05) is 18.4 Å². The first-order chi connectivity index (χ1) is 10.1. The van der Waals surface area contributed by atoms with Crippen molar-refractivity contribution in [3.8, 4) is 5.75 Å². The molecule has 1 saturated carbocycles. The van der Waals surface area contributed by atoms with E-state index in [-0.39, 0.29) is 29.4 Å². The smallest absolute Gasteiger partial charge is 0.227 e. The summed E-state index contributed by atoms with van der Waals surface area (Å²) in [5, 5.41) is 12.4. The molecule has 1 heterocycles. The Balaban J connectivity index is 1.53. The van der Waals surface area contributed by atoms with Gasteiger partial charge in [-0.25, -0.2) is 0 Å². The second-order valence-electron chi connectivity index (χ2n) is 5.88. The number of nitrogens with zero attached hydrogens (tertiary/aromatic N) is 1. The Labute approximate surface area is 123 Å². The van der Waals surface area contributed by atoms with Crippen molar-refractivity contribution in [2.45, 2.75) is 25.7 Å². The molecule has 3 rings (SSSR count). The zero-order valence-corrected chi connectivity index (χ0v) is 11.9. The summed E-state index contributed by atoms with van der Waals surface area (Å²) < 4.78 is 0. The van der Waals surface area contributed by atoms with Gasteiger partial charge in [-0.1, -0.05) is 12.1 Å². The van der Waals surface area contributed by atoms with Crippen molar-refractivity contribution in [1.29, 1.82) is 0 Å². The molecule has 2 amide bonds. The topological polar surface area (TPSA) is 69.6 Å². The van der Waals surface area contributed by atoms with Gasteiger partial charge in [0, 0.05) is 24.9 Å². The van der Waals surface area contributed by atoms with Gasteiger partial charge in [-0.05, 0) is 37.8 Å². The highest BCUT2D eigenvalue weighted by Gasteiger charge is 2.35. The first kappa shape index (κ1) is 13.9. The highest BCUT2D eigenvalue weighted by molar-refractivity contribution is 5.94. The Kier molecular flexibility index (Phi) is 3.82. The van der Waals surface area contributed by atoms with E-state index < -0.39 is 0 Å². The maximum Gasteiger partial charge on any atom is 0.227 e. The predicted octanol–water partition coefficient (Wildman–Crippen LogP) is 1.98. The number of phenolic OH excluding ortho intramolecular Hbond substituents is 1. The van der Waals surface area contributed by atoms with Crippen LogP contribution in [-0.4, -0.2) is 34.9 Å². The van der Waals surface area contributed by atoms with E-state index in [0.717, 1.165) is 12.8 Å². The number of carbonyl (C=O) groups is 2. The van der Waals surface area contributed by atoms with Crippen molar-refractivity contribution in [3.05, 3.63) is 24.3 Å². The number of amides is 2. The molecule has 0 spiro atoms. The lowest BCUT2D eigenvalue weighted by atomic mass is 9.95. The number of carbonyl (C=O) groups excluding carboxylic acids is 2. The minimum atomic E-state index is -0.0899. The quantitative estimate of drug-likeness (QED) is 0.836. The SMILES string of the molecule is O=C(Nc1ccccc1O)C1CCN(C(=O)C2CC2)CC1. The van der Waals surface area contributed by atoms with Crippen molar-refractivity contribution in [3.63, 3.8) is 0 Å². The molecular formula is C16H20N2O3. The maximum atomic E-state index is 12.2. The van der Waals surface area contributed by atoms with Gasteiger partial charge >= 0.3 is 0 Å². The van der Waals surface area contributed by atoms with Gasteiger partial charge in [0.1, 0.15) is 5.75 Å². The van der Waals surface area contributed by atoms with Crippen LogP contribution in [0.15, 0.2) is 24.3 Å². The van der Waals surface area contributed by atoms with Crippen LogP contribution in [-0.2, 0) is 9.59 Å². The lowest BCUT2D eigenvalue weighted by molar-refractivity contribution is -0.135. The van der Waals surface area contributed by atoms with E-state index in [4.69, 9.17) is 0 Å². The third-order valence-corrected chi connectivity index (χ3v) is 4.27. The second-order valence-corrected chi connectivity index (χ2v) is 5.88. The molecule has 2 N–H and O–H groups in total. The maximum absolute atomic E-state index is 12.2. The van der Waals surface area contributed by atoms with E-state index in [1.54, 1.807) is 24.3 Å². The number of anilines is 1. The average molecular weight is 288 g/mol. The van der Waals surface area contributed by atoms with Crippen LogP contribution in [0.2, 0.25) is 0 Å². The summed E-state index contributed by atoms with van der Waals surface area (Å²) in [6, 6.07) is 6.71. The van der Waals surface area contributed by atoms with Crippen molar-refractivity contribution in [2.24, 2.45) is 11.8 Å². The lowest BCUT2D eigenvalue weighted by Gasteiger charge is -2.31. The van der Waals surface area contributed by atoms with Crippen molar-refractivity contribution < 1.29 is 14.7 Å². The summed E-state index contributed by atoms with van der Waals surface area (Å²) in [7, 11) is 0. The molecule has 0 aromatic heterocycles. The predicted molar refractivity (Wildman–Crippen MR) is 78.8 cm³/mol. The van der Waals surface area contributed by atoms with Gasteiger partial charge in [-0.3, -0.25) is 9.59 Å². The molecule has 0 unspecified atom stereocenters. The number of rotatable bonds is 3. The fraction of sp³-hybridized carbons (Fsp3) is 0.500. The summed E-state index contributed by atoms with van der Waals surface area (Å²) in [5.74, 6) is 0.418. The summed E-state index contributed by atoms with van der Waals surface area (Å²) >= 11 is 0. The van der Waals surface area contributed by atoms with Crippen molar-refractivity contribution in [1.82, 2.24) is 4.90 Å². The molecule has 0 bridgehead atoms. The largest absolute Gasteiger partial charge is 0.506 e. The Hall–Kier alpha value is -2.04. The van der Waals surface area contributed by atoms with Gasteiger partial charge in [-0.2, -0.15) is 0 Å². The normalized spacial score (nSPS) is 19.3. The summed E-state index contributed by atoms with van der Waals surface area (Å²) in [4.78, 5) is 26.1. The molecule has 21 heavy (non-hydrogen) atoms. The van der Waals surface area contributed by atoms with Crippen LogP contribution in [0.3, 0.4) is 0 Å². The van der Waals surface area contributed by atoms with E-state index in [1.807, 2.05) is 4.90 Å². The third kappa shape index (κ3) is 3.17. The van der Waals surface area contributed by atoms with Crippen LogP contribution in [0.4, 0.5) is 5.69 Å². The van der Waals surface area contributed by atoms with Gasteiger partial charge in [0.15, 0.2) is 0 Å². The monoisotopic (exact) mass is 288 g/mol. The minimum absolute atomic E-state index is 0.0741. The fourth-order valence-corrected chi connectivity index (χ4v) is 2.76. The molecule has 5 heteroatoms. The number of para-hydroxylation sites is 2. The molecule has 2 aliphatic rings. The summed E-state index contributed by atoms with van der Waals surface area (Å²) in [6.07, 6.45) is 3.43. The first-order valence-electron chi connectivity index (χ1n) is 7.53. The van der Waals surface area contributed by atoms with Gasteiger partial charge < -0.3 is 15.3 Å². The zero-order valence-electron chi connectivity index (χ0n) is 11.9. The number of hydrogen-bond donors (Lipinski definition) is 2. The molecular weight excluding hydrogens is 268 g/mol. The van der Waals surface area contributed by atoms with Crippen LogP contribution < -0.4 is 5.32 Å². The third-order valence-electron chi connectivity index (χ3n) is 4.27. The number of nitrogens with one attached hydrogen (secondary N) is 1. The molecule has 112 valence electrons. The van der Waals surface area contributed by atoms with E-state index in [2.05, 4.69) is 5.32 Å². The standard InChI is InChI=1S/C16H20N2O3/c19-14-4-2-1-3-13(14)17-15(20)11-7-9-18(10-8-11)16(21)12-5-6-12/h1-4,11-12,19H,5-10H2,(H,17,20). The number of aromatic hydroxyl groups is 1. The second kappa shape index (κ2) is 5.76. The zero-order chi connectivity index (χ0) is 14.8. The molecule has 1 aromatic carbocycles. The van der Waals surface area contributed by atoms with Crippen LogP contribution in [0.25, 0.3) is 0 Å². The average Bonchev–Trinajstić information content (AvgIpc) is 3.34. The number of phenols is 1. The number of hydrogen-bond acceptors (Lipinski definition) is 3. The Morgan fingerprint density at radius 1 is 1.05 bits per heavy atom. The van der Waals surface area contributed by atoms with Crippen LogP contribution >= 0.6 is 0 Å². The summed E-state index contributed by atoms with van der Waals surface area (Å²) in [5.41, 5.74) is 0.444. The molecule has 1 aliphatic carbocycles. The van der Waals surface area contributed by atoms with Gasteiger partial charge in [0.25, 0.3) is 0 Å². The van der Waals surface area contributed by atoms with Gasteiger partial charge in [0.05, 0.1) is 5.69 Å². The highest BCUT2D eigenvalue weighted by Crippen LogP contribution is 2.32. The van der Waals surface area contributed by atoms with Crippen LogP contribution in [0.5, 0.6) is 5.75 Å².